The normalized spacial score (nSPS) is 19.8. The van der Waals surface area contributed by atoms with E-state index in [1.54, 1.807) is 19.3 Å². The summed E-state index contributed by atoms with van der Waals surface area (Å²) in [5.74, 6) is 0.295. The second kappa shape index (κ2) is 6.69. The molecule has 0 spiro atoms. The molecule has 1 aliphatic rings. The van der Waals surface area contributed by atoms with Gasteiger partial charge in [-0.15, -0.1) is 11.6 Å². The molecule has 0 aromatic carbocycles. The standard InChI is InChI=1S/C14H23ClN2O3S/c1-11(2)17-10-14(7-12(17)8-15)21(18,19)16(3)9-13-5-4-6-20-13/h7,10-11,13H,4-6,8-9H2,1-3H3. The molecule has 0 aliphatic carbocycles. The molecule has 5 nitrogen and oxygen atoms in total. The molecule has 1 atom stereocenters. The van der Waals surface area contributed by atoms with E-state index in [-0.39, 0.29) is 12.1 Å². The van der Waals surface area contributed by atoms with Crippen molar-refractivity contribution in [1.29, 1.82) is 0 Å². The van der Waals surface area contributed by atoms with Crippen LogP contribution in [-0.2, 0) is 20.6 Å². The molecule has 7 heteroatoms. The topological polar surface area (TPSA) is 51.5 Å². The molecule has 0 amide bonds. The molecule has 2 rings (SSSR count). The smallest absolute Gasteiger partial charge is 0.244 e. The molecule has 0 radical (unpaired) electrons. The highest BCUT2D eigenvalue weighted by Gasteiger charge is 2.27. The number of hydrogen-bond donors (Lipinski definition) is 0. The molecule has 0 N–H and O–H groups in total. The fraction of sp³-hybridized carbons (Fsp3) is 0.714. The Hall–Kier alpha value is -0.560. The van der Waals surface area contributed by atoms with Crippen molar-refractivity contribution in [2.24, 2.45) is 0 Å². The van der Waals surface area contributed by atoms with E-state index in [1.807, 2.05) is 18.4 Å². The van der Waals surface area contributed by atoms with Gasteiger partial charge in [0.25, 0.3) is 0 Å². The molecule has 0 saturated carbocycles. The molecule has 21 heavy (non-hydrogen) atoms. The van der Waals surface area contributed by atoms with E-state index in [9.17, 15) is 8.42 Å². The van der Waals surface area contributed by atoms with Crippen molar-refractivity contribution in [3.8, 4) is 0 Å². The number of sulfonamides is 1. The first-order chi connectivity index (χ1) is 9.86. The van der Waals surface area contributed by atoms with Gasteiger partial charge in [0.15, 0.2) is 0 Å². The third-order valence-electron chi connectivity index (χ3n) is 3.79. The number of halogens is 1. The van der Waals surface area contributed by atoms with E-state index in [0.29, 0.717) is 17.3 Å². The molecule has 1 aromatic rings. The minimum atomic E-state index is -3.50. The van der Waals surface area contributed by atoms with E-state index >= 15 is 0 Å². The molecule has 120 valence electrons. The third kappa shape index (κ3) is 3.62. The zero-order chi connectivity index (χ0) is 15.6. The van der Waals surface area contributed by atoms with Crippen molar-refractivity contribution in [3.05, 3.63) is 18.0 Å². The van der Waals surface area contributed by atoms with Gasteiger partial charge in [-0.1, -0.05) is 0 Å². The van der Waals surface area contributed by atoms with Crippen LogP contribution in [0.15, 0.2) is 17.2 Å². The summed E-state index contributed by atoms with van der Waals surface area (Å²) in [6, 6.07) is 1.83. The van der Waals surface area contributed by atoms with E-state index in [1.165, 1.54) is 4.31 Å². The highest BCUT2D eigenvalue weighted by atomic mass is 35.5. The van der Waals surface area contributed by atoms with Gasteiger partial charge in [0.2, 0.25) is 10.0 Å². The van der Waals surface area contributed by atoms with Crippen LogP contribution < -0.4 is 0 Å². The second-order valence-corrected chi connectivity index (χ2v) is 8.03. The summed E-state index contributed by atoms with van der Waals surface area (Å²) in [5.41, 5.74) is 0.816. The van der Waals surface area contributed by atoms with Gasteiger partial charge in [0, 0.05) is 38.1 Å². The first-order valence-electron chi connectivity index (χ1n) is 7.21. The molecule has 1 aromatic heterocycles. The maximum Gasteiger partial charge on any atom is 0.244 e. The fourth-order valence-corrected chi connectivity index (χ4v) is 4.05. The lowest BCUT2D eigenvalue weighted by Crippen LogP contribution is -2.33. The van der Waals surface area contributed by atoms with E-state index < -0.39 is 10.0 Å². The predicted octanol–water partition coefficient (Wildman–Crippen LogP) is 2.61. The van der Waals surface area contributed by atoms with Crippen molar-refractivity contribution in [2.75, 3.05) is 20.2 Å². The maximum atomic E-state index is 12.6. The minimum absolute atomic E-state index is 0.00413. The Bertz CT molecular complexity index is 577. The zero-order valence-corrected chi connectivity index (χ0v) is 14.3. The average molecular weight is 335 g/mol. The van der Waals surface area contributed by atoms with Crippen LogP contribution in [0.1, 0.15) is 38.4 Å². The number of ether oxygens (including phenoxy) is 1. The molecule has 1 fully saturated rings. The van der Waals surface area contributed by atoms with Crippen molar-refractivity contribution in [1.82, 2.24) is 8.87 Å². The average Bonchev–Trinajstić information content (AvgIpc) is 3.06. The lowest BCUT2D eigenvalue weighted by Gasteiger charge is -2.19. The number of likely N-dealkylation sites (N-methyl/N-ethyl adjacent to an activating group) is 1. The van der Waals surface area contributed by atoms with Gasteiger partial charge in [-0.3, -0.25) is 0 Å². The van der Waals surface area contributed by atoms with Gasteiger partial charge in [0.1, 0.15) is 4.90 Å². The van der Waals surface area contributed by atoms with Crippen LogP contribution in [0.25, 0.3) is 0 Å². The highest BCUT2D eigenvalue weighted by Crippen LogP contribution is 2.24. The molecule has 1 unspecified atom stereocenters. The summed E-state index contributed by atoms with van der Waals surface area (Å²) in [6.07, 6.45) is 3.59. The quantitative estimate of drug-likeness (QED) is 0.751. The molecule has 2 heterocycles. The van der Waals surface area contributed by atoms with Crippen LogP contribution in [-0.4, -0.2) is 43.6 Å². The van der Waals surface area contributed by atoms with E-state index in [2.05, 4.69) is 0 Å². The Labute approximate surface area is 131 Å². The first-order valence-corrected chi connectivity index (χ1v) is 9.18. The molecule has 0 bridgehead atoms. The van der Waals surface area contributed by atoms with Crippen LogP contribution in [0.2, 0.25) is 0 Å². The molecular formula is C14H23ClN2O3S. The SMILES string of the molecule is CC(C)n1cc(S(=O)(=O)N(C)CC2CCCO2)cc1CCl. The van der Waals surface area contributed by atoms with Gasteiger partial charge in [-0.05, 0) is 32.8 Å². The fourth-order valence-electron chi connectivity index (χ4n) is 2.58. The number of nitrogens with zero attached hydrogens (tertiary/aromatic N) is 2. The van der Waals surface area contributed by atoms with Crippen molar-refractivity contribution in [2.45, 2.75) is 49.6 Å². The Morgan fingerprint density at radius 3 is 2.71 bits per heavy atom. The van der Waals surface area contributed by atoms with Gasteiger partial charge >= 0.3 is 0 Å². The summed E-state index contributed by atoms with van der Waals surface area (Å²) in [4.78, 5) is 0.298. The lowest BCUT2D eigenvalue weighted by molar-refractivity contribution is 0.0979. The van der Waals surface area contributed by atoms with E-state index in [4.69, 9.17) is 16.3 Å². The van der Waals surface area contributed by atoms with E-state index in [0.717, 1.165) is 25.1 Å². The first kappa shape index (κ1) is 16.8. The predicted molar refractivity (Wildman–Crippen MR) is 83.2 cm³/mol. The van der Waals surface area contributed by atoms with Gasteiger partial charge < -0.3 is 9.30 Å². The Morgan fingerprint density at radius 2 is 2.24 bits per heavy atom. The third-order valence-corrected chi connectivity index (χ3v) is 5.86. The van der Waals surface area contributed by atoms with Crippen LogP contribution in [0, 0.1) is 0 Å². The van der Waals surface area contributed by atoms with Gasteiger partial charge in [0.05, 0.1) is 12.0 Å². The van der Waals surface area contributed by atoms with Crippen LogP contribution in [0.5, 0.6) is 0 Å². The Balaban J connectivity index is 2.21. The molecule has 1 aliphatic heterocycles. The van der Waals surface area contributed by atoms with Crippen LogP contribution in [0.4, 0.5) is 0 Å². The highest BCUT2D eigenvalue weighted by molar-refractivity contribution is 7.89. The Kier molecular flexibility index (Phi) is 5.35. The number of alkyl halides is 1. The summed E-state index contributed by atoms with van der Waals surface area (Å²) in [6.45, 7) is 5.12. The minimum Gasteiger partial charge on any atom is -0.377 e. The van der Waals surface area contributed by atoms with Gasteiger partial charge in [-0.25, -0.2) is 8.42 Å². The Morgan fingerprint density at radius 1 is 1.52 bits per heavy atom. The number of hydrogen-bond acceptors (Lipinski definition) is 3. The maximum absolute atomic E-state index is 12.6. The number of rotatable bonds is 6. The van der Waals surface area contributed by atoms with Crippen LogP contribution >= 0.6 is 11.6 Å². The zero-order valence-electron chi connectivity index (χ0n) is 12.8. The summed E-state index contributed by atoms with van der Waals surface area (Å²) in [7, 11) is -1.90. The van der Waals surface area contributed by atoms with Gasteiger partial charge in [-0.2, -0.15) is 4.31 Å². The monoisotopic (exact) mass is 334 g/mol. The largest absolute Gasteiger partial charge is 0.377 e. The summed E-state index contributed by atoms with van der Waals surface area (Å²) < 4.78 is 34.1. The number of aromatic nitrogens is 1. The molecule has 1 saturated heterocycles. The summed E-state index contributed by atoms with van der Waals surface area (Å²) >= 11 is 5.91. The summed E-state index contributed by atoms with van der Waals surface area (Å²) in [5, 5.41) is 0. The van der Waals surface area contributed by atoms with Crippen molar-refractivity contribution in [3.63, 3.8) is 0 Å². The molecular weight excluding hydrogens is 312 g/mol. The second-order valence-electron chi connectivity index (χ2n) is 5.72. The van der Waals surface area contributed by atoms with Crippen LogP contribution in [0.3, 0.4) is 0 Å². The van der Waals surface area contributed by atoms with Crippen molar-refractivity contribution < 1.29 is 13.2 Å². The lowest BCUT2D eigenvalue weighted by atomic mass is 10.2. The van der Waals surface area contributed by atoms with Crippen molar-refractivity contribution >= 4 is 21.6 Å².